The van der Waals surface area contributed by atoms with Gasteiger partial charge >= 0.3 is 0 Å². The van der Waals surface area contributed by atoms with Gasteiger partial charge in [-0.25, -0.2) is 0 Å². The van der Waals surface area contributed by atoms with Crippen molar-refractivity contribution in [2.45, 2.75) is 20.5 Å². The molecule has 0 fully saturated rings. The van der Waals surface area contributed by atoms with Gasteiger partial charge in [0.1, 0.15) is 12.4 Å². The van der Waals surface area contributed by atoms with E-state index in [2.05, 4.69) is 0 Å². The number of rotatable bonds is 4. The summed E-state index contributed by atoms with van der Waals surface area (Å²) >= 11 is 0. The molecule has 0 aliphatic rings. The second-order valence-corrected chi connectivity index (χ2v) is 3.78. The number of hydrogen-bond donors (Lipinski definition) is 1. The van der Waals surface area contributed by atoms with Crippen LogP contribution in [0.25, 0.3) is 0 Å². The minimum absolute atomic E-state index is 0.0633. The van der Waals surface area contributed by atoms with Crippen molar-refractivity contribution in [2.24, 2.45) is 0 Å². The largest absolute Gasteiger partial charge is 0.489 e. The van der Waals surface area contributed by atoms with E-state index in [1.807, 2.05) is 13.8 Å². The molecule has 0 amide bonds. The minimum atomic E-state index is -0.424. The summed E-state index contributed by atoms with van der Waals surface area (Å²) in [7, 11) is 0. The van der Waals surface area contributed by atoms with Gasteiger partial charge in [0, 0.05) is 17.8 Å². The van der Waals surface area contributed by atoms with E-state index in [-0.39, 0.29) is 12.3 Å². The highest BCUT2D eigenvalue weighted by Gasteiger charge is 2.05. The lowest BCUT2D eigenvalue weighted by Gasteiger charge is -2.06. The van der Waals surface area contributed by atoms with Crippen LogP contribution in [0.5, 0.6) is 5.75 Å². The van der Waals surface area contributed by atoms with Gasteiger partial charge < -0.3 is 10.5 Å². The number of benzene rings is 2. The van der Waals surface area contributed by atoms with Crippen molar-refractivity contribution < 1.29 is 9.66 Å². The Hall–Kier alpha value is -2.56. The lowest BCUT2D eigenvalue weighted by atomic mass is 10.2. The number of ether oxygens (including phenoxy) is 1. The maximum absolute atomic E-state index is 10.6. The highest BCUT2D eigenvalue weighted by atomic mass is 16.6. The van der Waals surface area contributed by atoms with Crippen LogP contribution in [0.15, 0.2) is 48.5 Å². The molecule has 2 N–H and O–H groups in total. The maximum Gasteiger partial charge on any atom is 0.269 e. The molecule has 2 aromatic carbocycles. The average molecular weight is 274 g/mol. The fourth-order valence-electron chi connectivity index (χ4n) is 1.49. The number of anilines is 1. The first-order chi connectivity index (χ1) is 9.65. The van der Waals surface area contributed by atoms with Crippen molar-refractivity contribution in [3.8, 4) is 5.75 Å². The lowest BCUT2D eigenvalue weighted by Crippen LogP contribution is -1.97. The molecular formula is C15H18N2O3. The van der Waals surface area contributed by atoms with E-state index in [9.17, 15) is 10.1 Å². The summed E-state index contributed by atoms with van der Waals surface area (Å²) in [6.07, 6.45) is 0. The molecule has 0 aliphatic heterocycles. The third kappa shape index (κ3) is 4.61. The molecule has 0 radical (unpaired) electrons. The number of non-ortho nitro benzene ring substituents is 1. The van der Waals surface area contributed by atoms with Crippen molar-refractivity contribution in [3.05, 3.63) is 64.2 Å². The Labute approximate surface area is 118 Å². The van der Waals surface area contributed by atoms with Gasteiger partial charge in [-0.1, -0.05) is 26.0 Å². The Balaban J connectivity index is 0.000000956. The standard InChI is InChI=1S/C13H12N2O3.C2H6/c14-11-4-6-13(7-5-11)18-9-10-2-1-3-12(8-10)15(16)17;1-2/h1-8H,9,14H2;1-2H3. The van der Waals surface area contributed by atoms with Crippen LogP contribution in [0, 0.1) is 10.1 Å². The monoisotopic (exact) mass is 274 g/mol. The van der Waals surface area contributed by atoms with E-state index in [0.29, 0.717) is 11.4 Å². The van der Waals surface area contributed by atoms with Crippen LogP contribution in [-0.2, 0) is 6.61 Å². The zero-order valence-corrected chi connectivity index (χ0v) is 11.6. The fourth-order valence-corrected chi connectivity index (χ4v) is 1.49. The van der Waals surface area contributed by atoms with E-state index < -0.39 is 4.92 Å². The SMILES string of the molecule is CC.Nc1ccc(OCc2cccc([N+](=O)[O-])c2)cc1. The Morgan fingerprint density at radius 1 is 1.15 bits per heavy atom. The first kappa shape index (κ1) is 15.5. The predicted octanol–water partition coefficient (Wildman–Crippen LogP) is 3.78. The van der Waals surface area contributed by atoms with Crippen LogP contribution >= 0.6 is 0 Å². The van der Waals surface area contributed by atoms with E-state index in [1.165, 1.54) is 12.1 Å². The summed E-state index contributed by atoms with van der Waals surface area (Å²) < 4.78 is 5.50. The molecule has 0 spiro atoms. The number of nitro benzene ring substituents is 1. The summed E-state index contributed by atoms with van der Waals surface area (Å²) in [6, 6.07) is 13.4. The van der Waals surface area contributed by atoms with Gasteiger partial charge in [-0.15, -0.1) is 0 Å². The van der Waals surface area contributed by atoms with Crippen LogP contribution < -0.4 is 10.5 Å². The highest BCUT2D eigenvalue weighted by Crippen LogP contribution is 2.17. The fraction of sp³-hybridized carbons (Fsp3) is 0.200. The Bertz CT molecular complexity index is 553. The number of nitrogen functional groups attached to an aromatic ring is 1. The summed E-state index contributed by atoms with van der Waals surface area (Å²) in [5.41, 5.74) is 7.04. The predicted molar refractivity (Wildman–Crippen MR) is 79.6 cm³/mol. The van der Waals surface area contributed by atoms with Crippen LogP contribution in [0.2, 0.25) is 0 Å². The van der Waals surface area contributed by atoms with Crippen molar-refractivity contribution in [1.82, 2.24) is 0 Å². The van der Waals surface area contributed by atoms with Crippen LogP contribution in [0.4, 0.5) is 11.4 Å². The third-order valence-electron chi connectivity index (χ3n) is 2.41. The molecule has 0 unspecified atom stereocenters. The molecule has 0 aromatic heterocycles. The topological polar surface area (TPSA) is 78.4 Å². The second-order valence-electron chi connectivity index (χ2n) is 3.78. The molecule has 2 aromatic rings. The molecule has 2 rings (SSSR count). The van der Waals surface area contributed by atoms with E-state index >= 15 is 0 Å². The normalized spacial score (nSPS) is 9.30. The summed E-state index contributed by atoms with van der Waals surface area (Å²) in [5, 5.41) is 10.6. The number of nitrogens with two attached hydrogens (primary N) is 1. The lowest BCUT2D eigenvalue weighted by molar-refractivity contribution is -0.384. The van der Waals surface area contributed by atoms with Crippen molar-refractivity contribution in [1.29, 1.82) is 0 Å². The van der Waals surface area contributed by atoms with Crippen LogP contribution in [0.3, 0.4) is 0 Å². The summed E-state index contributed by atoms with van der Waals surface area (Å²) in [4.78, 5) is 10.2. The quantitative estimate of drug-likeness (QED) is 0.522. The highest BCUT2D eigenvalue weighted by molar-refractivity contribution is 5.41. The Morgan fingerprint density at radius 2 is 1.80 bits per heavy atom. The molecule has 0 saturated carbocycles. The van der Waals surface area contributed by atoms with Gasteiger partial charge in [-0.05, 0) is 29.8 Å². The van der Waals surface area contributed by atoms with E-state index in [4.69, 9.17) is 10.5 Å². The number of nitro groups is 1. The molecule has 0 atom stereocenters. The number of nitrogens with zero attached hydrogens (tertiary/aromatic N) is 1. The first-order valence-corrected chi connectivity index (χ1v) is 6.37. The number of hydrogen-bond acceptors (Lipinski definition) is 4. The van der Waals surface area contributed by atoms with Gasteiger partial charge in [0.25, 0.3) is 5.69 Å². The minimum Gasteiger partial charge on any atom is -0.489 e. The zero-order valence-electron chi connectivity index (χ0n) is 11.6. The van der Waals surface area contributed by atoms with Crippen LogP contribution in [0.1, 0.15) is 19.4 Å². The molecular weight excluding hydrogens is 256 g/mol. The Kier molecular flexibility index (Phi) is 6.03. The van der Waals surface area contributed by atoms with E-state index in [1.54, 1.807) is 36.4 Å². The Morgan fingerprint density at radius 3 is 2.40 bits per heavy atom. The van der Waals surface area contributed by atoms with Gasteiger partial charge in [-0.2, -0.15) is 0 Å². The molecule has 0 aliphatic carbocycles. The summed E-state index contributed by atoms with van der Waals surface area (Å²) in [6.45, 7) is 4.28. The van der Waals surface area contributed by atoms with Gasteiger partial charge in [0.2, 0.25) is 0 Å². The van der Waals surface area contributed by atoms with Crippen LogP contribution in [-0.4, -0.2) is 4.92 Å². The van der Waals surface area contributed by atoms with Crippen molar-refractivity contribution in [2.75, 3.05) is 5.73 Å². The first-order valence-electron chi connectivity index (χ1n) is 6.37. The average Bonchev–Trinajstić information content (AvgIpc) is 2.49. The van der Waals surface area contributed by atoms with Crippen molar-refractivity contribution >= 4 is 11.4 Å². The smallest absolute Gasteiger partial charge is 0.269 e. The molecule has 0 saturated heterocycles. The second kappa shape index (κ2) is 7.78. The molecule has 0 bridgehead atoms. The third-order valence-corrected chi connectivity index (χ3v) is 2.41. The molecule has 5 nitrogen and oxygen atoms in total. The van der Waals surface area contributed by atoms with Crippen molar-refractivity contribution in [3.63, 3.8) is 0 Å². The molecule has 5 heteroatoms. The maximum atomic E-state index is 10.6. The summed E-state index contributed by atoms with van der Waals surface area (Å²) in [5.74, 6) is 0.677. The molecule has 106 valence electrons. The van der Waals surface area contributed by atoms with Gasteiger partial charge in [-0.3, -0.25) is 10.1 Å². The molecule has 20 heavy (non-hydrogen) atoms. The van der Waals surface area contributed by atoms with Gasteiger partial charge in [0.15, 0.2) is 0 Å². The van der Waals surface area contributed by atoms with E-state index in [0.717, 1.165) is 5.56 Å². The zero-order chi connectivity index (χ0) is 15.0. The van der Waals surface area contributed by atoms with Gasteiger partial charge in [0.05, 0.1) is 4.92 Å². The molecule has 0 heterocycles.